The standard InChI is InChI=1S/C15H25N3O3/c1-5-7-16-13-8-14(10-15(9-13)18(19)20)17(6-2)12(3)11-21-4/h8-10,12,16H,5-7,11H2,1-4H3. The van der Waals surface area contributed by atoms with E-state index in [9.17, 15) is 10.1 Å². The van der Waals surface area contributed by atoms with E-state index in [1.807, 2.05) is 19.9 Å². The van der Waals surface area contributed by atoms with Gasteiger partial charge in [-0.1, -0.05) is 6.92 Å². The third-order valence-electron chi connectivity index (χ3n) is 3.30. The smallest absolute Gasteiger partial charge is 0.273 e. The Morgan fingerprint density at radius 1 is 1.38 bits per heavy atom. The van der Waals surface area contributed by atoms with Crippen LogP contribution in [0.3, 0.4) is 0 Å². The lowest BCUT2D eigenvalue weighted by molar-refractivity contribution is -0.384. The van der Waals surface area contributed by atoms with E-state index in [-0.39, 0.29) is 16.7 Å². The predicted molar refractivity (Wildman–Crippen MR) is 86.2 cm³/mol. The first kappa shape index (κ1) is 17.2. The zero-order valence-electron chi connectivity index (χ0n) is 13.3. The molecule has 6 heteroatoms. The normalized spacial score (nSPS) is 12.0. The molecule has 0 aliphatic rings. The van der Waals surface area contributed by atoms with Crippen molar-refractivity contribution >= 4 is 17.1 Å². The highest BCUT2D eigenvalue weighted by molar-refractivity contribution is 5.64. The molecule has 1 rings (SSSR count). The van der Waals surface area contributed by atoms with Crippen molar-refractivity contribution in [3.63, 3.8) is 0 Å². The fraction of sp³-hybridized carbons (Fsp3) is 0.600. The van der Waals surface area contributed by atoms with Gasteiger partial charge in [-0.15, -0.1) is 0 Å². The van der Waals surface area contributed by atoms with Crippen LogP contribution in [0, 0.1) is 10.1 Å². The number of nitrogens with one attached hydrogen (secondary N) is 1. The van der Waals surface area contributed by atoms with Gasteiger partial charge in [-0.3, -0.25) is 10.1 Å². The molecule has 1 N–H and O–H groups in total. The summed E-state index contributed by atoms with van der Waals surface area (Å²) in [5, 5.41) is 14.3. The molecule has 0 heterocycles. The van der Waals surface area contributed by atoms with Gasteiger partial charge in [-0.05, 0) is 26.3 Å². The van der Waals surface area contributed by atoms with Crippen molar-refractivity contribution in [2.45, 2.75) is 33.2 Å². The minimum Gasteiger partial charge on any atom is -0.385 e. The molecular formula is C15H25N3O3. The van der Waals surface area contributed by atoms with Crippen molar-refractivity contribution in [3.05, 3.63) is 28.3 Å². The van der Waals surface area contributed by atoms with E-state index in [0.29, 0.717) is 6.61 Å². The number of non-ortho nitro benzene ring substituents is 1. The van der Waals surface area contributed by atoms with E-state index in [0.717, 1.165) is 30.9 Å². The van der Waals surface area contributed by atoms with E-state index < -0.39 is 0 Å². The van der Waals surface area contributed by atoms with Crippen molar-refractivity contribution in [3.8, 4) is 0 Å². The number of benzene rings is 1. The molecule has 0 bridgehead atoms. The van der Waals surface area contributed by atoms with Crippen LogP contribution in [0.4, 0.5) is 17.1 Å². The summed E-state index contributed by atoms with van der Waals surface area (Å²) in [5.41, 5.74) is 1.73. The lowest BCUT2D eigenvalue weighted by Gasteiger charge is -2.30. The van der Waals surface area contributed by atoms with Crippen LogP contribution in [-0.2, 0) is 4.74 Å². The van der Waals surface area contributed by atoms with E-state index in [2.05, 4.69) is 17.1 Å². The molecule has 6 nitrogen and oxygen atoms in total. The van der Waals surface area contributed by atoms with Crippen LogP contribution in [0.5, 0.6) is 0 Å². The van der Waals surface area contributed by atoms with Crippen LogP contribution in [0.25, 0.3) is 0 Å². The highest BCUT2D eigenvalue weighted by atomic mass is 16.6. The Labute approximate surface area is 126 Å². The molecule has 0 amide bonds. The van der Waals surface area contributed by atoms with Gasteiger partial charge in [0.05, 0.1) is 11.5 Å². The molecule has 0 aromatic heterocycles. The monoisotopic (exact) mass is 295 g/mol. The Morgan fingerprint density at radius 2 is 2.10 bits per heavy atom. The van der Waals surface area contributed by atoms with Gasteiger partial charge >= 0.3 is 0 Å². The second kappa shape index (κ2) is 8.46. The van der Waals surface area contributed by atoms with Gasteiger partial charge in [0, 0.05) is 49.7 Å². The minimum atomic E-state index is -0.352. The lowest BCUT2D eigenvalue weighted by atomic mass is 10.2. The number of hydrogen-bond acceptors (Lipinski definition) is 5. The van der Waals surface area contributed by atoms with Crippen LogP contribution < -0.4 is 10.2 Å². The highest BCUT2D eigenvalue weighted by Crippen LogP contribution is 2.28. The Kier molecular flexibility index (Phi) is 6.94. The fourth-order valence-electron chi connectivity index (χ4n) is 2.32. The summed E-state index contributed by atoms with van der Waals surface area (Å²) in [6.45, 7) is 8.27. The summed E-state index contributed by atoms with van der Waals surface area (Å²) in [5.74, 6) is 0. The van der Waals surface area contributed by atoms with Crippen molar-refractivity contribution in [1.29, 1.82) is 0 Å². The molecule has 0 saturated heterocycles. The predicted octanol–water partition coefficient (Wildman–Crippen LogP) is 3.28. The maximum Gasteiger partial charge on any atom is 0.273 e. The number of nitro benzene ring substituents is 1. The molecular weight excluding hydrogens is 270 g/mol. The number of rotatable bonds is 9. The van der Waals surface area contributed by atoms with Gasteiger partial charge < -0.3 is 15.0 Å². The van der Waals surface area contributed by atoms with Gasteiger partial charge in [0.2, 0.25) is 0 Å². The van der Waals surface area contributed by atoms with Gasteiger partial charge in [0.1, 0.15) is 0 Å². The first-order valence-electron chi connectivity index (χ1n) is 7.32. The first-order valence-corrected chi connectivity index (χ1v) is 7.32. The minimum absolute atomic E-state index is 0.106. The number of likely N-dealkylation sites (N-methyl/N-ethyl adjacent to an activating group) is 1. The SMILES string of the molecule is CCCNc1cc(N(CC)C(C)COC)cc([N+](=O)[O-])c1. The number of anilines is 2. The van der Waals surface area contributed by atoms with Crippen molar-refractivity contribution in [1.82, 2.24) is 0 Å². The van der Waals surface area contributed by atoms with Crippen LogP contribution in [-0.4, -0.2) is 37.8 Å². The Balaban J connectivity index is 3.12. The molecule has 0 saturated carbocycles. The van der Waals surface area contributed by atoms with E-state index >= 15 is 0 Å². The summed E-state index contributed by atoms with van der Waals surface area (Å²) in [7, 11) is 1.66. The zero-order valence-corrected chi connectivity index (χ0v) is 13.3. The topological polar surface area (TPSA) is 67.6 Å². The second-order valence-electron chi connectivity index (χ2n) is 5.01. The summed E-state index contributed by atoms with van der Waals surface area (Å²) in [6, 6.07) is 5.31. The average molecular weight is 295 g/mol. The van der Waals surface area contributed by atoms with Gasteiger partial charge in [0.25, 0.3) is 5.69 Å². The third kappa shape index (κ3) is 4.90. The molecule has 0 fully saturated rings. The van der Waals surface area contributed by atoms with Crippen molar-refractivity contribution in [2.75, 3.05) is 37.0 Å². The van der Waals surface area contributed by atoms with E-state index in [1.54, 1.807) is 19.2 Å². The molecule has 1 aromatic rings. The Hall–Kier alpha value is -1.82. The number of nitro groups is 1. The number of methoxy groups -OCH3 is 1. The van der Waals surface area contributed by atoms with Gasteiger partial charge in [0.15, 0.2) is 0 Å². The number of nitrogens with zero attached hydrogens (tertiary/aromatic N) is 2. The van der Waals surface area contributed by atoms with Crippen molar-refractivity contribution < 1.29 is 9.66 Å². The zero-order chi connectivity index (χ0) is 15.8. The number of hydrogen-bond donors (Lipinski definition) is 1. The maximum atomic E-state index is 11.1. The molecule has 0 aliphatic carbocycles. The molecule has 1 unspecified atom stereocenters. The molecule has 1 atom stereocenters. The van der Waals surface area contributed by atoms with E-state index in [4.69, 9.17) is 4.74 Å². The Bertz CT molecular complexity index is 465. The summed E-state index contributed by atoms with van der Waals surface area (Å²) < 4.78 is 5.19. The quantitative estimate of drug-likeness (QED) is 0.559. The average Bonchev–Trinajstić information content (AvgIpc) is 2.46. The van der Waals surface area contributed by atoms with Gasteiger partial charge in [-0.2, -0.15) is 0 Å². The summed E-state index contributed by atoms with van der Waals surface area (Å²) in [4.78, 5) is 12.9. The van der Waals surface area contributed by atoms with E-state index in [1.165, 1.54) is 0 Å². The largest absolute Gasteiger partial charge is 0.385 e. The fourth-order valence-corrected chi connectivity index (χ4v) is 2.32. The lowest BCUT2D eigenvalue weighted by Crippen LogP contribution is -2.36. The highest BCUT2D eigenvalue weighted by Gasteiger charge is 2.17. The molecule has 0 radical (unpaired) electrons. The van der Waals surface area contributed by atoms with Gasteiger partial charge in [-0.25, -0.2) is 0 Å². The van der Waals surface area contributed by atoms with Crippen LogP contribution in [0.1, 0.15) is 27.2 Å². The molecule has 0 spiro atoms. The third-order valence-corrected chi connectivity index (χ3v) is 3.30. The molecule has 1 aromatic carbocycles. The summed E-state index contributed by atoms with van der Waals surface area (Å²) in [6.07, 6.45) is 0.968. The summed E-state index contributed by atoms with van der Waals surface area (Å²) >= 11 is 0. The second-order valence-corrected chi connectivity index (χ2v) is 5.01. The molecule has 118 valence electrons. The molecule has 21 heavy (non-hydrogen) atoms. The first-order chi connectivity index (χ1) is 10.0. The van der Waals surface area contributed by atoms with Crippen LogP contribution in [0.15, 0.2) is 18.2 Å². The number of ether oxygens (including phenoxy) is 1. The Morgan fingerprint density at radius 3 is 2.62 bits per heavy atom. The molecule has 0 aliphatic heterocycles. The van der Waals surface area contributed by atoms with Crippen LogP contribution >= 0.6 is 0 Å². The van der Waals surface area contributed by atoms with Crippen molar-refractivity contribution in [2.24, 2.45) is 0 Å². The maximum absolute atomic E-state index is 11.1. The van der Waals surface area contributed by atoms with Crippen LogP contribution in [0.2, 0.25) is 0 Å².